The van der Waals surface area contributed by atoms with Crippen LogP contribution in [0, 0.1) is 23.6 Å². The fourth-order valence-corrected chi connectivity index (χ4v) is 5.25. The zero-order chi connectivity index (χ0) is 23.6. The Kier molecular flexibility index (Phi) is 7.10. The molecule has 2 aromatic rings. The molecule has 0 unspecified atom stereocenters. The van der Waals surface area contributed by atoms with Crippen LogP contribution in [-0.4, -0.2) is 23.1 Å². The molecule has 1 aliphatic carbocycles. The van der Waals surface area contributed by atoms with Crippen molar-refractivity contribution in [3.8, 4) is 0 Å². The summed E-state index contributed by atoms with van der Waals surface area (Å²) in [5.41, 5.74) is 0.0489. The third kappa shape index (κ3) is 5.41. The molecule has 1 saturated heterocycles. The van der Waals surface area contributed by atoms with Crippen LogP contribution in [0.1, 0.15) is 69.5 Å². The quantitative estimate of drug-likeness (QED) is 0.475. The van der Waals surface area contributed by atoms with E-state index >= 15 is 4.39 Å². The van der Waals surface area contributed by atoms with Gasteiger partial charge in [0.05, 0.1) is 11.6 Å². The maximum absolute atomic E-state index is 15.4. The number of hydrogen-bond acceptors (Lipinski definition) is 4. The molecular weight excluding hydrogens is 432 g/mol. The highest BCUT2D eigenvalue weighted by Crippen LogP contribution is 2.39. The predicted octanol–water partition coefficient (Wildman–Crippen LogP) is 6.85. The fraction of sp³-hybridized carbons (Fsp3) is 0.600. The van der Waals surface area contributed by atoms with Crippen molar-refractivity contribution >= 4 is 11.6 Å². The van der Waals surface area contributed by atoms with Gasteiger partial charge in [-0.05, 0) is 74.0 Å². The molecule has 1 N–H and O–H groups in total. The Morgan fingerprint density at radius 3 is 2.36 bits per heavy atom. The van der Waals surface area contributed by atoms with Gasteiger partial charge in [-0.15, -0.1) is 0 Å². The summed E-state index contributed by atoms with van der Waals surface area (Å²) in [6, 6.07) is 4.93. The van der Waals surface area contributed by atoms with Crippen molar-refractivity contribution in [3.63, 3.8) is 0 Å². The molecule has 1 atom stereocenters. The highest BCUT2D eigenvalue weighted by Gasteiger charge is 2.33. The third-order valence-electron chi connectivity index (χ3n) is 7.31. The van der Waals surface area contributed by atoms with Gasteiger partial charge in [0, 0.05) is 13.1 Å². The van der Waals surface area contributed by atoms with E-state index in [1.165, 1.54) is 31.3 Å². The van der Waals surface area contributed by atoms with Crippen LogP contribution in [0.5, 0.6) is 0 Å². The average molecular weight is 465 g/mol. The molecule has 0 radical (unpaired) electrons. The number of nitrogens with one attached hydrogen (secondary N) is 1. The van der Waals surface area contributed by atoms with Gasteiger partial charge in [0.15, 0.2) is 11.6 Å². The van der Waals surface area contributed by atoms with E-state index in [4.69, 9.17) is 0 Å². The van der Waals surface area contributed by atoms with E-state index < -0.39 is 17.6 Å². The molecule has 1 saturated carbocycles. The van der Waals surface area contributed by atoms with Gasteiger partial charge in [-0.3, -0.25) is 0 Å². The van der Waals surface area contributed by atoms with Gasteiger partial charge in [-0.1, -0.05) is 26.0 Å². The van der Waals surface area contributed by atoms with E-state index in [1.54, 1.807) is 0 Å². The lowest BCUT2D eigenvalue weighted by Gasteiger charge is -2.31. The monoisotopic (exact) mass is 464 g/mol. The van der Waals surface area contributed by atoms with Gasteiger partial charge in [0.2, 0.25) is 5.82 Å². The molecule has 0 amide bonds. The highest BCUT2D eigenvalue weighted by atomic mass is 19.4. The Morgan fingerprint density at radius 1 is 1.03 bits per heavy atom. The van der Waals surface area contributed by atoms with Gasteiger partial charge in [-0.2, -0.15) is 17.6 Å². The first kappa shape index (κ1) is 23.8. The van der Waals surface area contributed by atoms with Crippen LogP contribution in [0.15, 0.2) is 30.6 Å². The van der Waals surface area contributed by atoms with Gasteiger partial charge < -0.3 is 10.2 Å². The number of alkyl halides is 3. The lowest BCUT2D eigenvalue weighted by atomic mass is 9.77. The highest BCUT2D eigenvalue weighted by molar-refractivity contribution is 5.53. The molecule has 0 spiro atoms. The molecule has 4 nitrogen and oxygen atoms in total. The summed E-state index contributed by atoms with van der Waals surface area (Å²) in [7, 11) is 0. The first-order valence-electron chi connectivity index (χ1n) is 11.9. The number of hydrogen-bond donors (Lipinski definition) is 1. The molecular formula is C25H32F4N4. The maximum Gasteiger partial charge on any atom is 0.416 e. The van der Waals surface area contributed by atoms with Crippen LogP contribution in [-0.2, 0) is 6.18 Å². The summed E-state index contributed by atoms with van der Waals surface area (Å²) >= 11 is 0. The number of rotatable bonds is 6. The van der Waals surface area contributed by atoms with Crippen LogP contribution in [0.3, 0.4) is 0 Å². The van der Waals surface area contributed by atoms with Gasteiger partial charge in [-0.25, -0.2) is 9.97 Å². The van der Waals surface area contributed by atoms with Crippen molar-refractivity contribution in [1.29, 1.82) is 0 Å². The molecule has 4 rings (SSSR count). The molecule has 180 valence electrons. The Bertz CT molecular complexity index is 921. The minimum Gasteiger partial charge on any atom is -0.367 e. The second kappa shape index (κ2) is 9.85. The van der Waals surface area contributed by atoms with E-state index in [2.05, 4.69) is 29.1 Å². The largest absolute Gasteiger partial charge is 0.416 e. The minimum atomic E-state index is -4.37. The number of anilines is 2. The van der Waals surface area contributed by atoms with Crippen molar-refractivity contribution in [3.05, 3.63) is 47.5 Å². The molecule has 1 aromatic carbocycles. The second-order valence-corrected chi connectivity index (χ2v) is 9.74. The van der Waals surface area contributed by atoms with E-state index in [1.807, 2.05) is 4.90 Å². The maximum atomic E-state index is 15.4. The topological polar surface area (TPSA) is 41.1 Å². The summed E-state index contributed by atoms with van der Waals surface area (Å²) < 4.78 is 54.1. The zero-order valence-electron chi connectivity index (χ0n) is 19.2. The van der Waals surface area contributed by atoms with Crippen LogP contribution >= 0.6 is 0 Å². The molecule has 2 aliphatic rings. The van der Waals surface area contributed by atoms with Crippen molar-refractivity contribution in [1.82, 2.24) is 9.97 Å². The molecule has 2 heterocycles. The summed E-state index contributed by atoms with van der Waals surface area (Å²) in [6.07, 6.45) is 3.23. The fourth-order valence-electron chi connectivity index (χ4n) is 5.25. The lowest BCUT2D eigenvalue weighted by Crippen LogP contribution is -2.26. The Labute approximate surface area is 192 Å². The molecule has 8 heteroatoms. The van der Waals surface area contributed by atoms with Crippen LogP contribution in [0.2, 0.25) is 0 Å². The molecule has 0 bridgehead atoms. The summed E-state index contributed by atoms with van der Waals surface area (Å²) in [6.45, 7) is 5.83. The molecule has 1 aliphatic heterocycles. The normalized spacial score (nSPS) is 23.8. The Hall–Kier alpha value is -2.38. The molecule has 2 fully saturated rings. The predicted molar refractivity (Wildman–Crippen MR) is 122 cm³/mol. The van der Waals surface area contributed by atoms with Crippen molar-refractivity contribution < 1.29 is 17.6 Å². The molecule has 33 heavy (non-hydrogen) atoms. The average Bonchev–Trinajstić information content (AvgIpc) is 3.28. The summed E-state index contributed by atoms with van der Waals surface area (Å²) in [5.74, 6) is 1.90. The van der Waals surface area contributed by atoms with Gasteiger partial charge in [0.1, 0.15) is 6.33 Å². The van der Waals surface area contributed by atoms with E-state index in [0.717, 1.165) is 49.3 Å². The first-order valence-corrected chi connectivity index (χ1v) is 11.9. The van der Waals surface area contributed by atoms with Gasteiger partial charge >= 0.3 is 6.18 Å². The van der Waals surface area contributed by atoms with Crippen LogP contribution in [0.25, 0.3) is 0 Å². The van der Waals surface area contributed by atoms with Gasteiger partial charge in [0.25, 0.3) is 0 Å². The Balaban J connectivity index is 1.44. The van der Waals surface area contributed by atoms with E-state index in [-0.39, 0.29) is 17.7 Å². The van der Waals surface area contributed by atoms with Crippen molar-refractivity contribution in [2.24, 2.45) is 17.8 Å². The van der Waals surface area contributed by atoms with Crippen LogP contribution < -0.4 is 10.2 Å². The van der Waals surface area contributed by atoms with Crippen LogP contribution in [0.4, 0.5) is 29.2 Å². The smallest absolute Gasteiger partial charge is 0.367 e. The molecule has 1 aromatic heterocycles. The summed E-state index contributed by atoms with van der Waals surface area (Å²) in [5, 5.41) is 3.19. The van der Waals surface area contributed by atoms with Crippen molar-refractivity contribution in [2.45, 2.75) is 64.6 Å². The second-order valence-electron chi connectivity index (χ2n) is 9.74. The number of halogens is 4. The van der Waals surface area contributed by atoms with Crippen molar-refractivity contribution in [2.75, 3.05) is 23.3 Å². The zero-order valence-corrected chi connectivity index (χ0v) is 19.2. The van der Waals surface area contributed by atoms with E-state index in [0.29, 0.717) is 24.9 Å². The number of nitrogens with zero attached hydrogens (tertiary/aromatic N) is 3. The first-order chi connectivity index (χ1) is 15.7. The minimum absolute atomic E-state index is 0.198. The van der Waals surface area contributed by atoms with E-state index in [9.17, 15) is 13.2 Å². The SMILES string of the molecule is CC(C)C1CCC(CNc2ncnc(N3CCC[C@@H]3c3ccc(C(F)(F)F)cc3)c2F)CC1. The lowest BCUT2D eigenvalue weighted by molar-refractivity contribution is -0.137. The standard InChI is InChI=1S/C25H32F4N4/c1-16(2)18-7-5-17(6-8-18)14-30-23-22(26)24(32-15-31-23)33-13-3-4-21(33)19-9-11-20(12-10-19)25(27,28)29/h9-12,15-18,21H,3-8,13-14H2,1-2H3,(H,30,31,32)/t17?,18?,21-/m1/s1. The summed E-state index contributed by atoms with van der Waals surface area (Å²) in [4.78, 5) is 10.2. The number of benzene rings is 1. The third-order valence-corrected chi connectivity index (χ3v) is 7.31. The number of aromatic nitrogens is 2. The Morgan fingerprint density at radius 2 is 1.73 bits per heavy atom.